The van der Waals surface area contributed by atoms with Gasteiger partial charge in [-0.2, -0.15) is 17.1 Å². The number of amides is 1. The highest BCUT2D eigenvalue weighted by Gasteiger charge is 2.33. The number of nitrogens with one attached hydrogen (secondary N) is 1. The van der Waals surface area contributed by atoms with E-state index in [1.807, 2.05) is 4.72 Å². The maximum absolute atomic E-state index is 15.0. The third-order valence-corrected chi connectivity index (χ3v) is 9.05. The Bertz CT molecular complexity index is 1480. The Morgan fingerprint density at radius 1 is 1.02 bits per heavy atom. The number of carbonyl (C=O) groups is 1. The van der Waals surface area contributed by atoms with Crippen molar-refractivity contribution in [1.29, 1.82) is 0 Å². The Balaban J connectivity index is 1.21. The molecule has 5 rings (SSSR count). The summed E-state index contributed by atoms with van der Waals surface area (Å²) in [6, 6.07) is 11.1. The highest BCUT2D eigenvalue weighted by molar-refractivity contribution is 7.87. The minimum Gasteiger partial charge on any atom is -0.481 e. The third-order valence-electron chi connectivity index (χ3n) is 7.56. The number of pyridine rings is 2. The molecule has 224 valence electrons. The third kappa shape index (κ3) is 6.85. The van der Waals surface area contributed by atoms with Gasteiger partial charge in [-0.1, -0.05) is 25.8 Å². The maximum atomic E-state index is 15.0. The zero-order valence-electron chi connectivity index (χ0n) is 23.2. The Labute approximate surface area is 243 Å². The number of halogens is 2. The summed E-state index contributed by atoms with van der Waals surface area (Å²) in [6.07, 6.45) is 7.28. The summed E-state index contributed by atoms with van der Waals surface area (Å²) >= 11 is 0. The molecule has 2 aromatic heterocycles. The first kappa shape index (κ1) is 29.8. The molecule has 42 heavy (non-hydrogen) atoms. The number of aromatic nitrogens is 2. The van der Waals surface area contributed by atoms with Crippen molar-refractivity contribution in [3.8, 4) is 17.4 Å². The summed E-state index contributed by atoms with van der Waals surface area (Å²) in [5, 5.41) is 0. The standard InChI is InChI=1S/C29H33F2N5O5S/c1-2-24(23-12-10-21(19-33-23)40-26-9-5-6-14-32-26)41-25-13-11-22(27(30)28(25)31)29(37)34-42(38,39)36-17-15-35(16-18-36)20-7-3-4-8-20/h5-6,9-14,19-20,24H,2-4,7-8,15-18H2,1H3,(H,34,37). The lowest BCUT2D eigenvalue weighted by atomic mass is 10.1. The molecule has 2 aliphatic rings. The van der Waals surface area contributed by atoms with Crippen molar-refractivity contribution in [2.75, 3.05) is 26.2 Å². The monoisotopic (exact) mass is 601 g/mol. The van der Waals surface area contributed by atoms with Gasteiger partial charge in [0.1, 0.15) is 11.9 Å². The Kier molecular flexibility index (Phi) is 9.29. The average Bonchev–Trinajstić information content (AvgIpc) is 3.54. The van der Waals surface area contributed by atoms with E-state index in [4.69, 9.17) is 9.47 Å². The van der Waals surface area contributed by atoms with E-state index in [2.05, 4.69) is 14.9 Å². The van der Waals surface area contributed by atoms with Gasteiger partial charge in [-0.15, -0.1) is 0 Å². The van der Waals surface area contributed by atoms with Crippen LogP contribution in [0, 0.1) is 11.6 Å². The van der Waals surface area contributed by atoms with Gasteiger partial charge in [0.05, 0.1) is 17.5 Å². The smallest absolute Gasteiger partial charge is 0.304 e. The lowest BCUT2D eigenvalue weighted by Crippen LogP contribution is -2.54. The van der Waals surface area contributed by atoms with E-state index in [9.17, 15) is 13.2 Å². The number of benzene rings is 1. The van der Waals surface area contributed by atoms with E-state index in [1.165, 1.54) is 19.0 Å². The van der Waals surface area contributed by atoms with Gasteiger partial charge in [-0.25, -0.2) is 14.1 Å². The van der Waals surface area contributed by atoms with Crippen LogP contribution in [0.3, 0.4) is 0 Å². The second kappa shape index (κ2) is 13.1. The number of piperazine rings is 1. The first-order chi connectivity index (χ1) is 20.2. The normalized spacial score (nSPS) is 17.6. The molecular weight excluding hydrogens is 568 g/mol. The van der Waals surface area contributed by atoms with Gasteiger partial charge < -0.3 is 9.47 Å². The van der Waals surface area contributed by atoms with Crippen LogP contribution < -0.4 is 14.2 Å². The van der Waals surface area contributed by atoms with Crippen LogP contribution in [0.25, 0.3) is 0 Å². The molecule has 1 saturated carbocycles. The van der Waals surface area contributed by atoms with Crippen molar-refractivity contribution in [2.24, 2.45) is 0 Å². The van der Waals surface area contributed by atoms with Crippen molar-refractivity contribution < 1.29 is 31.5 Å². The van der Waals surface area contributed by atoms with Crippen LogP contribution in [0.2, 0.25) is 0 Å². The maximum Gasteiger partial charge on any atom is 0.304 e. The van der Waals surface area contributed by atoms with Crippen molar-refractivity contribution in [1.82, 2.24) is 23.9 Å². The average molecular weight is 602 g/mol. The van der Waals surface area contributed by atoms with Crippen molar-refractivity contribution >= 4 is 16.1 Å². The van der Waals surface area contributed by atoms with E-state index in [0.717, 1.165) is 29.3 Å². The molecule has 0 spiro atoms. The van der Waals surface area contributed by atoms with Gasteiger partial charge in [-0.05, 0) is 49.6 Å². The van der Waals surface area contributed by atoms with E-state index in [1.54, 1.807) is 43.5 Å². The molecule has 1 aromatic carbocycles. The number of carbonyl (C=O) groups excluding carboxylic acids is 1. The number of ether oxygens (including phenoxy) is 2. The van der Waals surface area contributed by atoms with Gasteiger partial charge >= 0.3 is 10.2 Å². The highest BCUT2D eigenvalue weighted by atomic mass is 32.2. The Morgan fingerprint density at radius 2 is 1.79 bits per heavy atom. The summed E-state index contributed by atoms with van der Waals surface area (Å²) < 4.78 is 70.1. The SMILES string of the molecule is CCC(Oc1ccc(C(=O)NS(=O)(=O)N2CCN(C3CCCC3)CC2)c(F)c1F)c1ccc(Oc2ccccn2)cn1. The second-order valence-electron chi connectivity index (χ2n) is 10.3. The molecule has 0 bridgehead atoms. The summed E-state index contributed by atoms with van der Waals surface area (Å²) in [6.45, 7) is 3.33. The fourth-order valence-electron chi connectivity index (χ4n) is 5.29. The van der Waals surface area contributed by atoms with Crippen LogP contribution >= 0.6 is 0 Å². The molecule has 2 fully saturated rings. The molecule has 1 N–H and O–H groups in total. The second-order valence-corrected chi connectivity index (χ2v) is 11.9. The molecular formula is C29H33F2N5O5S. The zero-order valence-corrected chi connectivity index (χ0v) is 24.0. The van der Waals surface area contributed by atoms with Crippen LogP contribution in [-0.4, -0.2) is 65.7 Å². The molecule has 3 aromatic rings. The minimum absolute atomic E-state index is 0.214. The minimum atomic E-state index is -4.24. The highest BCUT2D eigenvalue weighted by Crippen LogP contribution is 2.30. The van der Waals surface area contributed by atoms with Gasteiger partial charge in [0.25, 0.3) is 5.91 Å². The Morgan fingerprint density at radius 3 is 2.43 bits per heavy atom. The number of hydrogen-bond donors (Lipinski definition) is 1. The number of rotatable bonds is 10. The summed E-state index contributed by atoms with van der Waals surface area (Å²) in [7, 11) is -4.24. The number of hydrogen-bond acceptors (Lipinski definition) is 8. The molecule has 10 nitrogen and oxygen atoms in total. The Hall–Kier alpha value is -3.68. The lowest BCUT2D eigenvalue weighted by Gasteiger charge is -2.37. The summed E-state index contributed by atoms with van der Waals surface area (Å²) in [4.78, 5) is 23.4. The van der Waals surface area contributed by atoms with Gasteiger partial charge in [0.15, 0.2) is 11.6 Å². The topological polar surface area (TPSA) is 114 Å². The zero-order chi connectivity index (χ0) is 29.7. The van der Waals surface area contributed by atoms with Crippen molar-refractivity contribution in [3.05, 3.63) is 77.8 Å². The molecule has 1 saturated heterocycles. The molecule has 1 amide bonds. The van der Waals surface area contributed by atoms with Gasteiger partial charge in [0, 0.05) is 44.5 Å². The molecule has 1 aliphatic carbocycles. The van der Waals surface area contributed by atoms with Gasteiger partial charge in [0.2, 0.25) is 11.7 Å². The van der Waals surface area contributed by atoms with Crippen LogP contribution in [0.15, 0.2) is 54.9 Å². The van der Waals surface area contributed by atoms with Crippen LogP contribution in [0.1, 0.15) is 61.2 Å². The first-order valence-corrected chi connectivity index (χ1v) is 15.4. The molecule has 0 radical (unpaired) electrons. The molecule has 13 heteroatoms. The van der Waals surface area contributed by atoms with Crippen molar-refractivity contribution in [3.63, 3.8) is 0 Å². The fraction of sp³-hybridized carbons (Fsp3) is 0.414. The van der Waals surface area contributed by atoms with Gasteiger partial charge in [-0.3, -0.25) is 14.7 Å². The molecule has 1 aliphatic heterocycles. The largest absolute Gasteiger partial charge is 0.481 e. The van der Waals surface area contributed by atoms with Crippen molar-refractivity contribution in [2.45, 2.75) is 51.2 Å². The van der Waals surface area contributed by atoms with E-state index in [0.29, 0.717) is 42.9 Å². The summed E-state index contributed by atoms with van der Waals surface area (Å²) in [5.41, 5.74) is -0.290. The van der Waals surface area contributed by atoms with E-state index >= 15 is 8.78 Å². The predicted octanol–water partition coefficient (Wildman–Crippen LogP) is 4.61. The molecule has 1 unspecified atom stereocenters. The van der Waals surface area contributed by atoms with Crippen LogP contribution in [-0.2, 0) is 10.2 Å². The molecule has 1 atom stereocenters. The van der Waals surface area contributed by atoms with Crippen LogP contribution in [0.5, 0.6) is 17.4 Å². The predicted molar refractivity (Wildman–Crippen MR) is 150 cm³/mol. The van der Waals surface area contributed by atoms with E-state index < -0.39 is 45.2 Å². The fourth-order valence-corrected chi connectivity index (χ4v) is 6.41. The molecule has 3 heterocycles. The summed E-state index contributed by atoms with van der Waals surface area (Å²) in [5.74, 6) is -3.77. The first-order valence-electron chi connectivity index (χ1n) is 14.0. The van der Waals surface area contributed by atoms with Crippen LogP contribution in [0.4, 0.5) is 8.78 Å². The van der Waals surface area contributed by atoms with E-state index in [-0.39, 0.29) is 13.1 Å². The number of nitrogens with zero attached hydrogens (tertiary/aromatic N) is 4. The lowest BCUT2D eigenvalue weighted by molar-refractivity contribution is 0.0969. The quantitative estimate of drug-likeness (QED) is 0.359.